The van der Waals surface area contributed by atoms with E-state index >= 15 is 0 Å². The van der Waals surface area contributed by atoms with Gasteiger partial charge in [0.2, 0.25) is 0 Å². The minimum absolute atomic E-state index is 0.0233. The smallest absolute Gasteiger partial charge is 0.303 e. The van der Waals surface area contributed by atoms with Crippen LogP contribution in [0, 0.1) is 0 Å². The lowest BCUT2D eigenvalue weighted by Gasteiger charge is -2.33. The molecule has 0 spiro atoms. The highest BCUT2D eigenvalue weighted by molar-refractivity contribution is 8.19. The molecule has 0 bridgehead atoms. The first-order valence-corrected chi connectivity index (χ1v) is 7.17. The van der Waals surface area contributed by atoms with E-state index < -0.39 is 5.97 Å². The van der Waals surface area contributed by atoms with Crippen molar-refractivity contribution in [1.29, 1.82) is 0 Å². The van der Waals surface area contributed by atoms with E-state index in [4.69, 9.17) is 5.11 Å². The van der Waals surface area contributed by atoms with Crippen LogP contribution in [0.25, 0.3) is 0 Å². The third-order valence-electron chi connectivity index (χ3n) is 2.18. The Labute approximate surface area is 99.9 Å². The van der Waals surface area contributed by atoms with Crippen molar-refractivity contribution in [2.75, 3.05) is 11.5 Å². The van der Waals surface area contributed by atoms with Crippen LogP contribution in [-0.4, -0.2) is 26.7 Å². The summed E-state index contributed by atoms with van der Waals surface area (Å²) in [6.07, 6.45) is 4.48. The van der Waals surface area contributed by atoms with Crippen LogP contribution in [0.1, 0.15) is 33.1 Å². The van der Waals surface area contributed by atoms with Gasteiger partial charge in [0.1, 0.15) is 0 Å². The fourth-order valence-electron chi connectivity index (χ4n) is 1.61. The van der Waals surface area contributed by atoms with E-state index in [1.807, 2.05) is 23.5 Å². The van der Waals surface area contributed by atoms with Crippen molar-refractivity contribution in [3.63, 3.8) is 0 Å². The van der Waals surface area contributed by atoms with Crippen molar-refractivity contribution in [3.8, 4) is 0 Å². The number of carbonyl (C=O) groups is 1. The lowest BCUT2D eigenvalue weighted by molar-refractivity contribution is -0.137. The van der Waals surface area contributed by atoms with Gasteiger partial charge in [0, 0.05) is 6.42 Å². The predicted molar refractivity (Wildman–Crippen MR) is 68.6 cm³/mol. The van der Waals surface area contributed by atoms with Crippen molar-refractivity contribution < 1.29 is 9.90 Å². The summed E-state index contributed by atoms with van der Waals surface area (Å²) in [5.41, 5.74) is 1.28. The minimum atomic E-state index is -0.691. The Morgan fingerprint density at radius 1 is 1.40 bits per heavy atom. The fraction of sp³-hybridized carbons (Fsp3) is 0.727. The lowest BCUT2D eigenvalue weighted by atomic mass is 10.2. The summed E-state index contributed by atoms with van der Waals surface area (Å²) < 4.78 is 0.0233. The monoisotopic (exact) mass is 246 g/mol. The first kappa shape index (κ1) is 13.0. The molecular formula is C11H18O2S2. The predicted octanol–water partition coefficient (Wildman–Crippen LogP) is 3.38. The second kappa shape index (κ2) is 5.85. The molecule has 15 heavy (non-hydrogen) atoms. The van der Waals surface area contributed by atoms with E-state index in [1.54, 1.807) is 0 Å². The molecule has 0 aromatic heterocycles. The van der Waals surface area contributed by atoms with Gasteiger partial charge in [0.05, 0.1) is 4.08 Å². The summed E-state index contributed by atoms with van der Waals surface area (Å²) >= 11 is 3.81. The molecule has 0 amide bonds. The van der Waals surface area contributed by atoms with Crippen molar-refractivity contribution in [2.24, 2.45) is 0 Å². The van der Waals surface area contributed by atoms with E-state index in [0.717, 1.165) is 17.9 Å². The first-order chi connectivity index (χ1) is 7.04. The Morgan fingerprint density at radius 2 is 2.00 bits per heavy atom. The minimum Gasteiger partial charge on any atom is -0.481 e. The molecule has 1 saturated heterocycles. The van der Waals surface area contributed by atoms with Crippen LogP contribution >= 0.6 is 23.5 Å². The standard InChI is InChI=1S/C11H18O2S2/c1-9(2)8-11(5-4-10(12)13)14-6-3-7-15-11/h8H,3-7H2,1-2H3,(H,12,13). The summed E-state index contributed by atoms with van der Waals surface area (Å²) in [6.45, 7) is 4.16. The van der Waals surface area contributed by atoms with Crippen LogP contribution in [0.15, 0.2) is 11.6 Å². The molecule has 1 rings (SSSR count). The third kappa shape index (κ3) is 4.51. The van der Waals surface area contributed by atoms with Crippen molar-refractivity contribution >= 4 is 29.5 Å². The topological polar surface area (TPSA) is 37.3 Å². The van der Waals surface area contributed by atoms with E-state index in [2.05, 4.69) is 19.9 Å². The molecule has 0 atom stereocenters. The molecule has 86 valence electrons. The molecule has 1 aliphatic heterocycles. The molecule has 1 heterocycles. The number of thioether (sulfide) groups is 2. The second-order valence-electron chi connectivity index (χ2n) is 3.98. The van der Waals surface area contributed by atoms with Gasteiger partial charge in [-0.3, -0.25) is 4.79 Å². The maximum Gasteiger partial charge on any atom is 0.303 e. The summed E-state index contributed by atoms with van der Waals surface area (Å²) in [6, 6.07) is 0. The molecule has 2 nitrogen and oxygen atoms in total. The normalized spacial score (nSPS) is 19.6. The van der Waals surface area contributed by atoms with E-state index in [-0.39, 0.29) is 10.5 Å². The van der Waals surface area contributed by atoms with Crippen LogP contribution in [-0.2, 0) is 4.79 Å². The van der Waals surface area contributed by atoms with E-state index in [1.165, 1.54) is 12.0 Å². The van der Waals surface area contributed by atoms with Crippen molar-refractivity contribution in [1.82, 2.24) is 0 Å². The zero-order valence-electron chi connectivity index (χ0n) is 9.28. The van der Waals surface area contributed by atoms with Crippen molar-refractivity contribution in [2.45, 2.75) is 37.2 Å². The van der Waals surface area contributed by atoms with Crippen LogP contribution < -0.4 is 0 Å². The van der Waals surface area contributed by atoms with E-state index in [0.29, 0.717) is 0 Å². The lowest BCUT2D eigenvalue weighted by Crippen LogP contribution is -2.24. The van der Waals surface area contributed by atoms with Crippen LogP contribution in [0.3, 0.4) is 0 Å². The maximum absolute atomic E-state index is 10.6. The Kier molecular flexibility index (Phi) is 5.06. The molecule has 1 aliphatic rings. The van der Waals surface area contributed by atoms with Gasteiger partial charge in [-0.2, -0.15) is 0 Å². The molecule has 1 N–H and O–H groups in total. The number of rotatable bonds is 4. The average molecular weight is 246 g/mol. The molecule has 0 aromatic rings. The van der Waals surface area contributed by atoms with Gasteiger partial charge in [-0.05, 0) is 38.2 Å². The van der Waals surface area contributed by atoms with Crippen molar-refractivity contribution in [3.05, 3.63) is 11.6 Å². The molecule has 0 aliphatic carbocycles. The van der Waals surface area contributed by atoms with Crippen LogP contribution in [0.5, 0.6) is 0 Å². The number of carboxylic acids is 1. The summed E-state index contributed by atoms with van der Waals surface area (Å²) in [7, 11) is 0. The Hall–Kier alpha value is -0.0900. The highest BCUT2D eigenvalue weighted by Crippen LogP contribution is 2.47. The SMILES string of the molecule is CC(C)=CC1(CCC(=O)O)SCCCS1. The van der Waals surface area contributed by atoms with E-state index in [9.17, 15) is 4.79 Å². The number of aliphatic carboxylic acids is 1. The van der Waals surface area contributed by atoms with Gasteiger partial charge in [-0.25, -0.2) is 0 Å². The molecule has 4 heteroatoms. The van der Waals surface area contributed by atoms with Gasteiger partial charge in [-0.1, -0.05) is 11.6 Å². The second-order valence-corrected chi connectivity index (χ2v) is 7.09. The summed E-state index contributed by atoms with van der Waals surface area (Å²) in [4.78, 5) is 10.6. The zero-order chi connectivity index (χ0) is 11.3. The molecule has 0 aromatic carbocycles. The largest absolute Gasteiger partial charge is 0.481 e. The quantitative estimate of drug-likeness (QED) is 0.772. The highest BCUT2D eigenvalue weighted by Gasteiger charge is 2.31. The van der Waals surface area contributed by atoms with Crippen LogP contribution in [0.4, 0.5) is 0 Å². The molecule has 1 fully saturated rings. The molecule has 0 saturated carbocycles. The summed E-state index contributed by atoms with van der Waals surface area (Å²) in [5, 5.41) is 8.75. The molecule has 0 radical (unpaired) electrons. The van der Waals surface area contributed by atoms with Crippen LogP contribution in [0.2, 0.25) is 0 Å². The Balaban J connectivity index is 2.66. The van der Waals surface area contributed by atoms with Gasteiger partial charge >= 0.3 is 5.97 Å². The highest BCUT2D eigenvalue weighted by atomic mass is 32.2. The molecule has 0 unspecified atom stereocenters. The average Bonchev–Trinajstić information content (AvgIpc) is 2.15. The van der Waals surface area contributed by atoms with Gasteiger partial charge in [0.15, 0.2) is 0 Å². The number of allylic oxidation sites excluding steroid dienone is 1. The Morgan fingerprint density at radius 3 is 2.47 bits per heavy atom. The number of hydrogen-bond acceptors (Lipinski definition) is 3. The van der Waals surface area contributed by atoms with Gasteiger partial charge in [-0.15, -0.1) is 23.5 Å². The zero-order valence-corrected chi connectivity index (χ0v) is 10.9. The van der Waals surface area contributed by atoms with Gasteiger partial charge in [0.25, 0.3) is 0 Å². The number of hydrogen-bond donors (Lipinski definition) is 1. The maximum atomic E-state index is 10.6. The molecular weight excluding hydrogens is 228 g/mol. The first-order valence-electron chi connectivity index (χ1n) is 5.20. The number of carboxylic acid groups (broad SMARTS) is 1. The fourth-order valence-corrected chi connectivity index (χ4v) is 5.03. The Bertz CT molecular complexity index is 251. The summed E-state index contributed by atoms with van der Waals surface area (Å²) in [5.74, 6) is 1.61. The van der Waals surface area contributed by atoms with Gasteiger partial charge < -0.3 is 5.11 Å². The third-order valence-corrected chi connectivity index (χ3v) is 5.49.